The van der Waals surface area contributed by atoms with E-state index in [2.05, 4.69) is 10.3 Å². The molecule has 6 nitrogen and oxygen atoms in total. The third-order valence-corrected chi connectivity index (χ3v) is 4.85. The number of nitrogens with zero attached hydrogens (tertiary/aromatic N) is 3. The van der Waals surface area contributed by atoms with Crippen molar-refractivity contribution in [1.82, 2.24) is 15.0 Å². The summed E-state index contributed by atoms with van der Waals surface area (Å²) in [4.78, 5) is 0. The van der Waals surface area contributed by atoms with Gasteiger partial charge in [0.25, 0.3) is 0 Å². The van der Waals surface area contributed by atoms with Gasteiger partial charge < -0.3 is 5.73 Å². The number of aromatic nitrogens is 3. The Morgan fingerprint density at radius 3 is 2.59 bits per heavy atom. The number of sulfone groups is 1. The van der Waals surface area contributed by atoms with Crippen molar-refractivity contribution in [3.05, 3.63) is 5.69 Å². The van der Waals surface area contributed by atoms with Crippen LogP contribution in [0.5, 0.6) is 0 Å². The Morgan fingerprint density at radius 1 is 1.41 bits per heavy atom. The molecule has 0 aromatic carbocycles. The van der Waals surface area contributed by atoms with Crippen LogP contribution in [-0.2, 0) is 22.8 Å². The summed E-state index contributed by atoms with van der Waals surface area (Å²) in [5, 5.41) is 7.29. The van der Waals surface area contributed by atoms with E-state index in [9.17, 15) is 8.42 Å². The van der Waals surface area contributed by atoms with E-state index in [-0.39, 0.29) is 11.0 Å². The summed E-state index contributed by atoms with van der Waals surface area (Å²) in [7, 11) is -3.05. The van der Waals surface area contributed by atoms with Crippen molar-refractivity contribution in [3.8, 4) is 0 Å². The van der Waals surface area contributed by atoms with Crippen LogP contribution in [0.4, 0.5) is 5.82 Å². The van der Waals surface area contributed by atoms with Gasteiger partial charge in [-0.1, -0.05) is 18.6 Å². The predicted octanol–water partition coefficient (Wildman–Crippen LogP) is 0.636. The maximum absolute atomic E-state index is 11.7. The first-order valence-corrected chi connectivity index (χ1v) is 7.49. The Kier molecular flexibility index (Phi) is 4.50. The Bertz CT molecular complexity index is 465. The molecule has 0 fully saturated rings. The summed E-state index contributed by atoms with van der Waals surface area (Å²) >= 11 is 0. The lowest BCUT2D eigenvalue weighted by Gasteiger charge is -2.09. The number of hydrogen-bond donors (Lipinski definition) is 1. The fourth-order valence-corrected chi connectivity index (χ4v) is 2.37. The van der Waals surface area contributed by atoms with E-state index in [1.807, 2.05) is 6.92 Å². The van der Waals surface area contributed by atoms with Crippen LogP contribution in [0.25, 0.3) is 0 Å². The SMILES string of the molecule is CCCc1c(N)nnn1CCS(=O)(=O)C(C)C. The van der Waals surface area contributed by atoms with Gasteiger partial charge in [-0.2, -0.15) is 0 Å². The molecule has 0 spiro atoms. The summed E-state index contributed by atoms with van der Waals surface area (Å²) in [5.74, 6) is 0.471. The first kappa shape index (κ1) is 14.0. The molecule has 1 aromatic rings. The van der Waals surface area contributed by atoms with Crippen molar-refractivity contribution in [2.75, 3.05) is 11.5 Å². The number of hydrogen-bond acceptors (Lipinski definition) is 5. The number of nitrogens with two attached hydrogens (primary N) is 1. The molecule has 1 heterocycles. The highest BCUT2D eigenvalue weighted by molar-refractivity contribution is 7.91. The lowest BCUT2D eigenvalue weighted by molar-refractivity contribution is 0.558. The minimum absolute atomic E-state index is 0.0736. The largest absolute Gasteiger partial charge is 0.381 e. The normalized spacial score (nSPS) is 12.2. The zero-order valence-corrected chi connectivity index (χ0v) is 11.4. The lowest BCUT2D eigenvalue weighted by atomic mass is 10.2. The first-order valence-electron chi connectivity index (χ1n) is 5.78. The molecule has 0 saturated carbocycles. The molecular weight excluding hydrogens is 240 g/mol. The van der Waals surface area contributed by atoms with Crippen molar-refractivity contribution in [3.63, 3.8) is 0 Å². The van der Waals surface area contributed by atoms with Crippen molar-refractivity contribution in [1.29, 1.82) is 0 Å². The Labute approximate surface area is 102 Å². The number of nitrogen functional groups attached to an aromatic ring is 1. The molecule has 17 heavy (non-hydrogen) atoms. The Hall–Kier alpha value is -1.11. The van der Waals surface area contributed by atoms with Gasteiger partial charge in [0.15, 0.2) is 15.7 Å². The second-order valence-electron chi connectivity index (χ2n) is 4.31. The van der Waals surface area contributed by atoms with E-state index in [4.69, 9.17) is 5.73 Å². The van der Waals surface area contributed by atoms with Gasteiger partial charge in [-0.3, -0.25) is 0 Å². The van der Waals surface area contributed by atoms with E-state index in [0.717, 1.165) is 18.5 Å². The molecule has 0 aliphatic carbocycles. The molecule has 0 unspecified atom stereocenters. The quantitative estimate of drug-likeness (QED) is 0.810. The molecule has 1 aromatic heterocycles. The molecule has 0 aliphatic rings. The number of rotatable bonds is 6. The van der Waals surface area contributed by atoms with E-state index in [0.29, 0.717) is 12.4 Å². The number of anilines is 1. The van der Waals surface area contributed by atoms with Gasteiger partial charge in [-0.25, -0.2) is 13.1 Å². The smallest absolute Gasteiger partial charge is 0.169 e. The molecule has 0 saturated heterocycles. The molecule has 0 aliphatic heterocycles. The molecule has 2 N–H and O–H groups in total. The fourth-order valence-electron chi connectivity index (χ4n) is 1.47. The van der Waals surface area contributed by atoms with Crippen LogP contribution in [-0.4, -0.2) is 34.4 Å². The fraction of sp³-hybridized carbons (Fsp3) is 0.800. The maximum Gasteiger partial charge on any atom is 0.169 e. The minimum Gasteiger partial charge on any atom is -0.381 e. The second kappa shape index (κ2) is 5.48. The molecule has 0 radical (unpaired) electrons. The average Bonchev–Trinajstić information content (AvgIpc) is 2.58. The van der Waals surface area contributed by atoms with Gasteiger partial charge in [0.2, 0.25) is 0 Å². The highest BCUT2D eigenvalue weighted by Crippen LogP contribution is 2.11. The van der Waals surface area contributed by atoms with Crippen molar-refractivity contribution >= 4 is 15.7 Å². The highest BCUT2D eigenvalue weighted by atomic mass is 32.2. The average molecular weight is 260 g/mol. The summed E-state index contributed by atoms with van der Waals surface area (Å²) in [5.41, 5.74) is 6.51. The van der Waals surface area contributed by atoms with Crippen LogP contribution in [0.1, 0.15) is 32.9 Å². The van der Waals surface area contributed by atoms with Crippen LogP contribution in [0.15, 0.2) is 0 Å². The molecule has 7 heteroatoms. The van der Waals surface area contributed by atoms with E-state index < -0.39 is 9.84 Å². The molecule has 0 atom stereocenters. The monoisotopic (exact) mass is 260 g/mol. The van der Waals surface area contributed by atoms with Gasteiger partial charge in [-0.15, -0.1) is 5.10 Å². The van der Waals surface area contributed by atoms with Gasteiger partial charge in [0, 0.05) is 0 Å². The van der Waals surface area contributed by atoms with E-state index in [1.54, 1.807) is 18.5 Å². The van der Waals surface area contributed by atoms with Gasteiger partial charge in [-0.05, 0) is 20.3 Å². The lowest BCUT2D eigenvalue weighted by Crippen LogP contribution is -2.22. The minimum atomic E-state index is -3.05. The van der Waals surface area contributed by atoms with Gasteiger partial charge in [0.05, 0.1) is 23.2 Å². The van der Waals surface area contributed by atoms with Gasteiger partial charge in [0.1, 0.15) is 0 Å². The molecule has 0 amide bonds. The van der Waals surface area contributed by atoms with Crippen LogP contribution < -0.4 is 5.73 Å². The summed E-state index contributed by atoms with van der Waals surface area (Å²) in [6, 6.07) is 0. The summed E-state index contributed by atoms with van der Waals surface area (Å²) < 4.78 is 25.0. The summed E-state index contributed by atoms with van der Waals surface area (Å²) in [6.45, 7) is 5.71. The van der Waals surface area contributed by atoms with Crippen molar-refractivity contribution in [2.45, 2.75) is 45.4 Å². The van der Waals surface area contributed by atoms with E-state index in [1.165, 1.54) is 0 Å². The highest BCUT2D eigenvalue weighted by Gasteiger charge is 2.17. The van der Waals surface area contributed by atoms with Crippen LogP contribution >= 0.6 is 0 Å². The zero-order valence-electron chi connectivity index (χ0n) is 10.5. The van der Waals surface area contributed by atoms with Crippen molar-refractivity contribution < 1.29 is 8.42 Å². The van der Waals surface area contributed by atoms with Gasteiger partial charge >= 0.3 is 0 Å². The van der Waals surface area contributed by atoms with Crippen LogP contribution in [0.3, 0.4) is 0 Å². The third-order valence-electron chi connectivity index (χ3n) is 2.66. The van der Waals surface area contributed by atoms with Crippen molar-refractivity contribution in [2.24, 2.45) is 0 Å². The molecule has 98 valence electrons. The molecule has 1 rings (SSSR count). The van der Waals surface area contributed by atoms with Crippen LogP contribution in [0.2, 0.25) is 0 Å². The first-order chi connectivity index (χ1) is 7.88. The maximum atomic E-state index is 11.7. The van der Waals surface area contributed by atoms with Crippen LogP contribution in [0, 0.1) is 0 Å². The van der Waals surface area contributed by atoms with E-state index >= 15 is 0 Å². The Balaban J connectivity index is 2.76. The number of aryl methyl sites for hydroxylation is 1. The second-order valence-corrected chi connectivity index (χ2v) is 6.99. The Morgan fingerprint density at radius 2 is 2.06 bits per heavy atom. The molecule has 0 bridgehead atoms. The summed E-state index contributed by atoms with van der Waals surface area (Å²) in [6.07, 6.45) is 1.69. The topological polar surface area (TPSA) is 90.9 Å². The molecular formula is C10H20N4O2S. The standard InChI is InChI=1S/C10H20N4O2S/c1-4-5-9-10(11)12-13-14(9)6-7-17(15,16)8(2)3/h8H,4-7,11H2,1-3H3. The zero-order chi connectivity index (χ0) is 13.1. The predicted molar refractivity (Wildman–Crippen MR) is 67.4 cm³/mol. The third kappa shape index (κ3) is 3.42.